The number of benzene rings is 2. The molecule has 23 heavy (non-hydrogen) atoms. The van der Waals surface area contributed by atoms with Gasteiger partial charge in [0.25, 0.3) is 0 Å². The van der Waals surface area contributed by atoms with Gasteiger partial charge in [0, 0.05) is 22.2 Å². The van der Waals surface area contributed by atoms with Crippen LogP contribution in [0.3, 0.4) is 0 Å². The van der Waals surface area contributed by atoms with Crippen LogP contribution in [-0.2, 0) is 17.8 Å². The van der Waals surface area contributed by atoms with E-state index >= 15 is 0 Å². The van der Waals surface area contributed by atoms with Crippen molar-refractivity contribution in [3.05, 3.63) is 71.4 Å². The molecule has 0 aliphatic rings. The highest BCUT2D eigenvalue weighted by molar-refractivity contribution is 5.82. The standard InChI is InChI=1S/C19H18N2O2/c1-13-10-15(16-7-3-4-8-17(16)21-13)12-23-18-9-5-2-6-14(18)11-19(20)22/h2-10H,11-12H2,1H3,(H2,20,22). The van der Waals surface area contributed by atoms with Gasteiger partial charge < -0.3 is 10.5 Å². The number of pyridine rings is 1. The first-order valence-corrected chi connectivity index (χ1v) is 7.48. The van der Waals surface area contributed by atoms with E-state index in [1.807, 2.05) is 61.5 Å². The summed E-state index contributed by atoms with van der Waals surface area (Å²) >= 11 is 0. The molecule has 0 spiro atoms. The molecule has 3 aromatic rings. The van der Waals surface area contributed by atoms with Crippen molar-refractivity contribution in [3.63, 3.8) is 0 Å². The van der Waals surface area contributed by atoms with Crippen LogP contribution >= 0.6 is 0 Å². The average molecular weight is 306 g/mol. The molecule has 0 saturated heterocycles. The van der Waals surface area contributed by atoms with Crippen LogP contribution in [0.1, 0.15) is 16.8 Å². The normalized spacial score (nSPS) is 10.7. The molecule has 0 saturated carbocycles. The molecule has 0 radical (unpaired) electrons. The van der Waals surface area contributed by atoms with Gasteiger partial charge in [0.1, 0.15) is 12.4 Å². The van der Waals surface area contributed by atoms with Gasteiger partial charge in [-0.25, -0.2) is 0 Å². The Labute approximate surface area is 134 Å². The van der Waals surface area contributed by atoms with Crippen molar-refractivity contribution >= 4 is 16.8 Å². The molecule has 0 atom stereocenters. The first kappa shape index (κ1) is 15.0. The number of hydrogen-bond donors (Lipinski definition) is 1. The summed E-state index contributed by atoms with van der Waals surface area (Å²) in [5, 5.41) is 1.07. The first-order valence-electron chi connectivity index (χ1n) is 7.48. The molecular formula is C19H18N2O2. The van der Waals surface area contributed by atoms with Crippen LogP contribution in [0.5, 0.6) is 5.75 Å². The largest absolute Gasteiger partial charge is 0.489 e. The van der Waals surface area contributed by atoms with Gasteiger partial charge in [-0.1, -0.05) is 36.4 Å². The molecule has 1 heterocycles. The number of amides is 1. The fourth-order valence-corrected chi connectivity index (χ4v) is 2.65. The number of hydrogen-bond acceptors (Lipinski definition) is 3. The molecule has 3 rings (SSSR count). The fourth-order valence-electron chi connectivity index (χ4n) is 2.65. The summed E-state index contributed by atoms with van der Waals surface area (Å²) in [5.41, 5.74) is 9.07. The number of nitrogens with zero attached hydrogens (tertiary/aromatic N) is 1. The summed E-state index contributed by atoms with van der Waals surface area (Å²) in [5.74, 6) is 0.316. The van der Waals surface area contributed by atoms with Gasteiger partial charge in [0.15, 0.2) is 0 Å². The van der Waals surface area contributed by atoms with E-state index in [-0.39, 0.29) is 12.3 Å². The van der Waals surface area contributed by atoms with E-state index < -0.39 is 0 Å². The highest BCUT2D eigenvalue weighted by Crippen LogP contribution is 2.23. The third kappa shape index (κ3) is 3.48. The van der Waals surface area contributed by atoms with Gasteiger partial charge >= 0.3 is 0 Å². The molecule has 116 valence electrons. The van der Waals surface area contributed by atoms with Gasteiger partial charge in [0.05, 0.1) is 11.9 Å². The highest BCUT2D eigenvalue weighted by atomic mass is 16.5. The van der Waals surface area contributed by atoms with E-state index in [2.05, 4.69) is 4.98 Å². The number of para-hydroxylation sites is 2. The van der Waals surface area contributed by atoms with Crippen molar-refractivity contribution in [2.75, 3.05) is 0 Å². The number of fused-ring (bicyclic) bond motifs is 1. The third-order valence-electron chi connectivity index (χ3n) is 3.65. The zero-order valence-corrected chi connectivity index (χ0v) is 13.0. The summed E-state index contributed by atoms with van der Waals surface area (Å²) in [6.07, 6.45) is 0.173. The molecule has 0 unspecified atom stereocenters. The maximum atomic E-state index is 11.2. The molecular weight excluding hydrogens is 288 g/mol. The Bertz CT molecular complexity index is 859. The van der Waals surface area contributed by atoms with Crippen LogP contribution in [0.4, 0.5) is 0 Å². The molecule has 4 nitrogen and oxygen atoms in total. The van der Waals surface area contributed by atoms with Crippen LogP contribution < -0.4 is 10.5 Å². The Balaban J connectivity index is 1.88. The minimum absolute atomic E-state index is 0.173. The SMILES string of the molecule is Cc1cc(COc2ccccc2CC(N)=O)c2ccccc2n1. The molecule has 2 aromatic carbocycles. The number of nitrogens with two attached hydrogens (primary N) is 1. The van der Waals surface area contributed by atoms with E-state index in [1.165, 1.54) is 0 Å². The second-order valence-corrected chi connectivity index (χ2v) is 5.48. The van der Waals surface area contributed by atoms with Gasteiger partial charge in [-0.2, -0.15) is 0 Å². The predicted octanol–water partition coefficient (Wildman–Crippen LogP) is 3.15. The lowest BCUT2D eigenvalue weighted by Gasteiger charge is -2.12. The highest BCUT2D eigenvalue weighted by Gasteiger charge is 2.08. The zero-order chi connectivity index (χ0) is 16.2. The van der Waals surface area contributed by atoms with Crippen molar-refractivity contribution in [2.24, 2.45) is 5.73 Å². The average Bonchev–Trinajstić information content (AvgIpc) is 2.53. The molecule has 4 heteroatoms. The first-order chi connectivity index (χ1) is 11.1. The van der Waals surface area contributed by atoms with Crippen molar-refractivity contribution in [2.45, 2.75) is 20.0 Å². The smallest absolute Gasteiger partial charge is 0.221 e. The summed E-state index contributed by atoms with van der Waals surface area (Å²) in [4.78, 5) is 15.7. The Kier molecular flexibility index (Phi) is 4.24. The van der Waals surface area contributed by atoms with Crippen molar-refractivity contribution < 1.29 is 9.53 Å². The number of aryl methyl sites for hydroxylation is 1. The monoisotopic (exact) mass is 306 g/mol. The van der Waals surface area contributed by atoms with Gasteiger partial charge in [-0.15, -0.1) is 0 Å². The van der Waals surface area contributed by atoms with Crippen LogP contribution in [-0.4, -0.2) is 10.9 Å². The summed E-state index contributed by atoms with van der Waals surface area (Å²) < 4.78 is 5.95. The van der Waals surface area contributed by atoms with Crippen molar-refractivity contribution in [1.29, 1.82) is 0 Å². The number of aromatic nitrogens is 1. The van der Waals surface area contributed by atoms with E-state index in [0.29, 0.717) is 12.4 Å². The summed E-state index contributed by atoms with van der Waals surface area (Å²) in [6.45, 7) is 2.39. The molecule has 2 N–H and O–H groups in total. The Morgan fingerprint density at radius 3 is 2.65 bits per heavy atom. The second kappa shape index (κ2) is 6.48. The third-order valence-corrected chi connectivity index (χ3v) is 3.65. The predicted molar refractivity (Wildman–Crippen MR) is 90.2 cm³/mol. The van der Waals surface area contributed by atoms with Gasteiger partial charge in [-0.05, 0) is 25.1 Å². The lowest BCUT2D eigenvalue weighted by molar-refractivity contribution is -0.117. The summed E-state index contributed by atoms with van der Waals surface area (Å²) in [7, 11) is 0. The zero-order valence-electron chi connectivity index (χ0n) is 13.0. The minimum atomic E-state index is -0.369. The number of primary amides is 1. The van der Waals surface area contributed by atoms with Gasteiger partial charge in [0.2, 0.25) is 5.91 Å². The van der Waals surface area contributed by atoms with E-state index in [1.54, 1.807) is 0 Å². The number of carbonyl (C=O) groups is 1. The number of ether oxygens (including phenoxy) is 1. The lowest BCUT2D eigenvalue weighted by atomic mass is 10.1. The van der Waals surface area contributed by atoms with Gasteiger partial charge in [-0.3, -0.25) is 9.78 Å². The van der Waals surface area contributed by atoms with Crippen molar-refractivity contribution in [3.8, 4) is 5.75 Å². The maximum Gasteiger partial charge on any atom is 0.221 e. The Morgan fingerprint density at radius 2 is 1.83 bits per heavy atom. The fraction of sp³-hybridized carbons (Fsp3) is 0.158. The minimum Gasteiger partial charge on any atom is -0.489 e. The molecule has 0 bridgehead atoms. The van der Waals surface area contributed by atoms with Crippen LogP contribution in [0, 0.1) is 6.92 Å². The molecule has 1 aromatic heterocycles. The van der Waals surface area contributed by atoms with E-state index in [4.69, 9.17) is 10.5 Å². The van der Waals surface area contributed by atoms with Crippen LogP contribution in [0.15, 0.2) is 54.6 Å². The van der Waals surface area contributed by atoms with Crippen molar-refractivity contribution in [1.82, 2.24) is 4.98 Å². The quantitative estimate of drug-likeness (QED) is 0.787. The summed E-state index contributed by atoms with van der Waals surface area (Å²) in [6, 6.07) is 17.5. The Morgan fingerprint density at radius 1 is 1.09 bits per heavy atom. The van der Waals surface area contributed by atoms with Crippen LogP contribution in [0.2, 0.25) is 0 Å². The molecule has 0 aliphatic carbocycles. The van der Waals surface area contributed by atoms with E-state index in [9.17, 15) is 4.79 Å². The topological polar surface area (TPSA) is 65.2 Å². The Hall–Kier alpha value is -2.88. The lowest BCUT2D eigenvalue weighted by Crippen LogP contribution is -2.14. The van der Waals surface area contributed by atoms with Crippen LogP contribution in [0.25, 0.3) is 10.9 Å². The number of carbonyl (C=O) groups excluding carboxylic acids is 1. The van der Waals surface area contributed by atoms with E-state index in [0.717, 1.165) is 27.7 Å². The molecule has 0 fully saturated rings. The molecule has 0 aliphatic heterocycles. The number of rotatable bonds is 5. The maximum absolute atomic E-state index is 11.2. The molecule has 1 amide bonds. The second-order valence-electron chi connectivity index (χ2n) is 5.48.